The molecule has 0 aliphatic rings. The van der Waals surface area contributed by atoms with Crippen LogP contribution in [0.5, 0.6) is 0 Å². The van der Waals surface area contributed by atoms with Crippen LogP contribution >= 0.6 is 11.6 Å². The molecule has 80 valence electrons. The van der Waals surface area contributed by atoms with Crippen LogP contribution in [-0.2, 0) is 11.2 Å². The summed E-state index contributed by atoms with van der Waals surface area (Å²) in [5.41, 5.74) is 0.724. The van der Waals surface area contributed by atoms with E-state index in [1.165, 1.54) is 0 Å². The minimum atomic E-state index is 0.429. The van der Waals surface area contributed by atoms with E-state index in [2.05, 4.69) is 15.2 Å². The second-order valence-electron chi connectivity index (χ2n) is 3.15. The summed E-state index contributed by atoms with van der Waals surface area (Å²) in [5.74, 6) is 0.881. The fraction of sp³-hybridized carbons (Fsp3) is 0.444. The van der Waals surface area contributed by atoms with Crippen molar-refractivity contribution in [2.45, 2.75) is 12.8 Å². The summed E-state index contributed by atoms with van der Waals surface area (Å²) < 4.78 is 6.81. The van der Waals surface area contributed by atoms with Crippen LogP contribution in [0.2, 0.25) is 5.15 Å². The SMILES string of the molecule is COCCCc1nnc2cc(Cl)ncn12. The van der Waals surface area contributed by atoms with Gasteiger partial charge in [-0.1, -0.05) is 11.6 Å². The van der Waals surface area contributed by atoms with Gasteiger partial charge in [0, 0.05) is 26.2 Å². The van der Waals surface area contributed by atoms with Gasteiger partial charge in [-0.2, -0.15) is 0 Å². The van der Waals surface area contributed by atoms with Gasteiger partial charge in [0.1, 0.15) is 17.3 Å². The summed E-state index contributed by atoms with van der Waals surface area (Å²) in [7, 11) is 1.68. The van der Waals surface area contributed by atoms with Gasteiger partial charge < -0.3 is 4.74 Å². The standard InChI is InChI=1S/C9H11ClN4O/c1-15-4-2-3-8-12-13-9-5-7(10)11-6-14(8)9/h5-6H,2-4H2,1H3. The van der Waals surface area contributed by atoms with Gasteiger partial charge in [-0.05, 0) is 6.42 Å². The average molecular weight is 227 g/mol. The molecule has 2 rings (SSSR count). The summed E-state index contributed by atoms with van der Waals surface area (Å²) in [4.78, 5) is 3.99. The van der Waals surface area contributed by atoms with Crippen LogP contribution in [0.25, 0.3) is 5.65 Å². The van der Waals surface area contributed by atoms with Gasteiger partial charge in [-0.25, -0.2) is 4.98 Å². The topological polar surface area (TPSA) is 52.3 Å². The predicted molar refractivity (Wildman–Crippen MR) is 56.0 cm³/mol. The summed E-state index contributed by atoms with van der Waals surface area (Å²) in [6.45, 7) is 0.718. The van der Waals surface area contributed by atoms with Crippen molar-refractivity contribution in [1.82, 2.24) is 19.6 Å². The lowest BCUT2D eigenvalue weighted by atomic mass is 10.3. The Labute approximate surface area is 92.1 Å². The Hall–Kier alpha value is -1.20. The van der Waals surface area contributed by atoms with E-state index in [4.69, 9.17) is 16.3 Å². The summed E-state index contributed by atoms with van der Waals surface area (Å²) >= 11 is 5.74. The molecule has 0 bridgehead atoms. The molecule has 0 aliphatic carbocycles. The van der Waals surface area contributed by atoms with E-state index in [1.54, 1.807) is 19.5 Å². The van der Waals surface area contributed by atoms with Crippen LogP contribution in [0, 0.1) is 0 Å². The molecule has 0 N–H and O–H groups in total. The molecule has 0 aliphatic heterocycles. The highest BCUT2D eigenvalue weighted by molar-refractivity contribution is 6.29. The maximum absolute atomic E-state index is 5.74. The summed E-state index contributed by atoms with van der Waals surface area (Å²) in [6, 6.07) is 1.69. The van der Waals surface area contributed by atoms with Gasteiger partial charge in [0.15, 0.2) is 5.65 Å². The van der Waals surface area contributed by atoms with Gasteiger partial charge in [0.2, 0.25) is 0 Å². The Kier molecular flexibility index (Phi) is 3.13. The number of fused-ring (bicyclic) bond motifs is 1. The number of hydrogen-bond acceptors (Lipinski definition) is 4. The largest absolute Gasteiger partial charge is 0.385 e. The Morgan fingerprint density at radius 3 is 3.13 bits per heavy atom. The van der Waals surface area contributed by atoms with Gasteiger partial charge >= 0.3 is 0 Å². The van der Waals surface area contributed by atoms with Crippen LogP contribution in [0.3, 0.4) is 0 Å². The zero-order valence-electron chi connectivity index (χ0n) is 8.35. The minimum absolute atomic E-state index is 0.429. The summed E-state index contributed by atoms with van der Waals surface area (Å²) in [6.07, 6.45) is 3.37. The smallest absolute Gasteiger partial charge is 0.165 e. The normalized spacial score (nSPS) is 11.1. The Bertz CT molecular complexity index is 456. The fourth-order valence-electron chi connectivity index (χ4n) is 1.36. The van der Waals surface area contributed by atoms with E-state index in [9.17, 15) is 0 Å². The Morgan fingerprint density at radius 1 is 1.47 bits per heavy atom. The number of nitrogens with zero attached hydrogens (tertiary/aromatic N) is 4. The van der Waals surface area contributed by atoms with Crippen molar-refractivity contribution in [2.24, 2.45) is 0 Å². The number of methoxy groups -OCH3 is 1. The lowest BCUT2D eigenvalue weighted by Crippen LogP contribution is -1.98. The van der Waals surface area contributed by atoms with E-state index in [0.29, 0.717) is 5.15 Å². The molecule has 0 saturated carbocycles. The van der Waals surface area contributed by atoms with Gasteiger partial charge in [0.05, 0.1) is 0 Å². The summed E-state index contributed by atoms with van der Waals surface area (Å²) in [5, 5.41) is 8.50. The number of rotatable bonds is 4. The first-order valence-electron chi connectivity index (χ1n) is 4.65. The molecular weight excluding hydrogens is 216 g/mol. The molecule has 2 heterocycles. The van der Waals surface area contributed by atoms with E-state index in [1.807, 2.05) is 4.40 Å². The molecule has 15 heavy (non-hydrogen) atoms. The molecule has 2 aromatic rings. The molecule has 0 aromatic carbocycles. The third-order valence-corrected chi connectivity index (χ3v) is 2.29. The first-order valence-corrected chi connectivity index (χ1v) is 5.03. The molecule has 0 atom stereocenters. The third kappa shape index (κ3) is 2.24. The lowest BCUT2D eigenvalue weighted by Gasteiger charge is -1.98. The maximum atomic E-state index is 5.74. The average Bonchev–Trinajstić information content (AvgIpc) is 2.61. The first-order chi connectivity index (χ1) is 7.31. The highest BCUT2D eigenvalue weighted by Crippen LogP contribution is 2.09. The number of halogens is 1. The first kappa shape index (κ1) is 10.3. The molecule has 6 heteroatoms. The maximum Gasteiger partial charge on any atom is 0.165 e. The van der Waals surface area contributed by atoms with Crippen LogP contribution in [0.4, 0.5) is 0 Å². The molecule has 0 fully saturated rings. The zero-order valence-corrected chi connectivity index (χ0v) is 9.11. The quantitative estimate of drug-likeness (QED) is 0.584. The molecule has 5 nitrogen and oxygen atoms in total. The second kappa shape index (κ2) is 4.55. The predicted octanol–water partition coefficient (Wildman–Crippen LogP) is 1.36. The van der Waals surface area contributed by atoms with Crippen LogP contribution < -0.4 is 0 Å². The van der Waals surface area contributed by atoms with Crippen molar-refractivity contribution < 1.29 is 4.74 Å². The molecule has 0 radical (unpaired) electrons. The van der Waals surface area contributed by atoms with Crippen molar-refractivity contribution in [1.29, 1.82) is 0 Å². The molecule has 0 spiro atoms. The van der Waals surface area contributed by atoms with E-state index < -0.39 is 0 Å². The van der Waals surface area contributed by atoms with Crippen molar-refractivity contribution in [3.63, 3.8) is 0 Å². The molecule has 0 saturated heterocycles. The van der Waals surface area contributed by atoms with E-state index in [0.717, 1.165) is 30.9 Å². The van der Waals surface area contributed by atoms with Crippen molar-refractivity contribution in [3.8, 4) is 0 Å². The molecule has 2 aromatic heterocycles. The Morgan fingerprint density at radius 2 is 2.33 bits per heavy atom. The van der Waals surface area contributed by atoms with Crippen LogP contribution in [0.1, 0.15) is 12.2 Å². The monoisotopic (exact) mass is 226 g/mol. The van der Waals surface area contributed by atoms with Gasteiger partial charge in [-0.15, -0.1) is 10.2 Å². The van der Waals surface area contributed by atoms with E-state index >= 15 is 0 Å². The lowest BCUT2D eigenvalue weighted by molar-refractivity contribution is 0.194. The number of aryl methyl sites for hydroxylation is 1. The van der Waals surface area contributed by atoms with E-state index in [-0.39, 0.29) is 0 Å². The highest BCUT2D eigenvalue weighted by atomic mass is 35.5. The molecular formula is C9H11ClN4O. The van der Waals surface area contributed by atoms with Crippen LogP contribution in [0.15, 0.2) is 12.4 Å². The highest BCUT2D eigenvalue weighted by Gasteiger charge is 2.05. The van der Waals surface area contributed by atoms with Gasteiger partial charge in [-0.3, -0.25) is 4.40 Å². The fourth-order valence-corrected chi connectivity index (χ4v) is 1.50. The molecule has 0 amide bonds. The molecule has 0 unspecified atom stereocenters. The number of hydrogen-bond donors (Lipinski definition) is 0. The minimum Gasteiger partial charge on any atom is -0.385 e. The third-order valence-electron chi connectivity index (χ3n) is 2.09. The Balaban J connectivity index is 2.21. The van der Waals surface area contributed by atoms with Crippen molar-refractivity contribution in [2.75, 3.05) is 13.7 Å². The van der Waals surface area contributed by atoms with Gasteiger partial charge in [0.25, 0.3) is 0 Å². The zero-order chi connectivity index (χ0) is 10.7. The number of aromatic nitrogens is 4. The van der Waals surface area contributed by atoms with Crippen LogP contribution in [-0.4, -0.2) is 33.3 Å². The number of ether oxygens (including phenoxy) is 1. The van der Waals surface area contributed by atoms with Crippen molar-refractivity contribution >= 4 is 17.2 Å². The second-order valence-corrected chi connectivity index (χ2v) is 3.54. The van der Waals surface area contributed by atoms with Crippen molar-refractivity contribution in [3.05, 3.63) is 23.4 Å².